The maximum Gasteiger partial charge on any atom is 0.120 e. The van der Waals surface area contributed by atoms with E-state index in [-0.39, 0.29) is 12.0 Å². The molecule has 0 spiro atoms. The fourth-order valence-corrected chi connectivity index (χ4v) is 2.66. The van der Waals surface area contributed by atoms with Crippen LogP contribution in [0.25, 0.3) is 0 Å². The Morgan fingerprint density at radius 1 is 1.20 bits per heavy atom. The molecular weight excluding hydrogens is 254 g/mol. The number of aliphatic hydroxyl groups is 1. The van der Waals surface area contributed by atoms with Crippen LogP contribution in [0.3, 0.4) is 0 Å². The minimum Gasteiger partial charge on any atom is -0.508 e. The molecule has 1 aromatic carbocycles. The number of hydrogen-bond donors (Lipinski definition) is 3. The molecule has 0 saturated carbocycles. The number of aromatic hydroxyl groups is 1. The minimum atomic E-state index is -0.0758. The van der Waals surface area contributed by atoms with Crippen LogP contribution >= 0.6 is 0 Å². The highest BCUT2D eigenvalue weighted by atomic mass is 16.5. The van der Waals surface area contributed by atoms with Crippen LogP contribution in [0.2, 0.25) is 0 Å². The van der Waals surface area contributed by atoms with E-state index in [1.165, 1.54) is 5.56 Å². The van der Waals surface area contributed by atoms with Crippen LogP contribution in [0.5, 0.6) is 5.75 Å². The molecule has 112 valence electrons. The molecule has 1 aliphatic heterocycles. The molecule has 4 heteroatoms. The lowest BCUT2D eigenvalue weighted by atomic mass is 9.81. The summed E-state index contributed by atoms with van der Waals surface area (Å²) in [6.45, 7) is 7.03. The summed E-state index contributed by atoms with van der Waals surface area (Å²) in [6, 6.07) is 3.83. The highest BCUT2D eigenvalue weighted by Gasteiger charge is 2.31. The lowest BCUT2D eigenvalue weighted by Gasteiger charge is -2.35. The fraction of sp³-hybridized carbons (Fsp3) is 0.625. The Bertz CT molecular complexity index is 453. The van der Waals surface area contributed by atoms with Crippen LogP contribution in [0.15, 0.2) is 12.1 Å². The quantitative estimate of drug-likeness (QED) is 0.770. The molecule has 2 rings (SSSR count). The third-order valence-electron chi connectivity index (χ3n) is 4.40. The SMILES string of the molecule is Cc1cc(O)c(CNCC2(CO)CCOCC2)cc1C. The number of aliphatic hydroxyl groups excluding tert-OH is 1. The predicted molar refractivity (Wildman–Crippen MR) is 78.9 cm³/mol. The van der Waals surface area contributed by atoms with Crippen molar-refractivity contribution < 1.29 is 14.9 Å². The first-order valence-corrected chi connectivity index (χ1v) is 7.25. The fourth-order valence-electron chi connectivity index (χ4n) is 2.66. The Balaban J connectivity index is 1.93. The number of benzene rings is 1. The van der Waals surface area contributed by atoms with E-state index in [1.807, 2.05) is 26.0 Å². The Morgan fingerprint density at radius 2 is 1.85 bits per heavy atom. The summed E-state index contributed by atoms with van der Waals surface area (Å²) in [5.74, 6) is 0.339. The Hall–Kier alpha value is -1.10. The summed E-state index contributed by atoms with van der Waals surface area (Å²) >= 11 is 0. The van der Waals surface area contributed by atoms with E-state index in [1.54, 1.807) is 0 Å². The predicted octanol–water partition coefficient (Wildman–Crippen LogP) is 1.89. The number of nitrogens with one attached hydrogen (secondary N) is 1. The molecule has 1 aliphatic rings. The summed E-state index contributed by atoms with van der Waals surface area (Å²) in [5, 5.41) is 23.0. The van der Waals surface area contributed by atoms with Crippen molar-refractivity contribution in [3.63, 3.8) is 0 Å². The van der Waals surface area contributed by atoms with Gasteiger partial charge in [0.25, 0.3) is 0 Å². The number of ether oxygens (including phenoxy) is 1. The normalized spacial score (nSPS) is 18.1. The molecular formula is C16H25NO3. The van der Waals surface area contributed by atoms with E-state index in [2.05, 4.69) is 5.32 Å². The van der Waals surface area contributed by atoms with Crippen LogP contribution in [0.4, 0.5) is 0 Å². The van der Waals surface area contributed by atoms with Gasteiger partial charge in [0.1, 0.15) is 5.75 Å². The average molecular weight is 279 g/mol. The molecule has 1 heterocycles. The third-order valence-corrected chi connectivity index (χ3v) is 4.40. The zero-order chi connectivity index (χ0) is 14.6. The van der Waals surface area contributed by atoms with Gasteiger partial charge in [-0.15, -0.1) is 0 Å². The molecule has 20 heavy (non-hydrogen) atoms. The highest BCUT2D eigenvalue weighted by Crippen LogP contribution is 2.29. The molecule has 1 fully saturated rings. The van der Waals surface area contributed by atoms with Gasteiger partial charge in [-0.2, -0.15) is 0 Å². The van der Waals surface area contributed by atoms with Crippen molar-refractivity contribution in [3.05, 3.63) is 28.8 Å². The summed E-state index contributed by atoms with van der Waals surface area (Å²) in [4.78, 5) is 0. The Kier molecular flexibility index (Phi) is 5.02. The van der Waals surface area contributed by atoms with Crippen LogP contribution in [-0.4, -0.2) is 36.6 Å². The van der Waals surface area contributed by atoms with Gasteiger partial charge in [-0.25, -0.2) is 0 Å². The Morgan fingerprint density at radius 3 is 2.50 bits per heavy atom. The molecule has 4 nitrogen and oxygen atoms in total. The largest absolute Gasteiger partial charge is 0.508 e. The second kappa shape index (κ2) is 6.57. The summed E-state index contributed by atoms with van der Waals surface area (Å²) in [5.41, 5.74) is 3.12. The summed E-state index contributed by atoms with van der Waals surface area (Å²) in [7, 11) is 0. The van der Waals surface area contributed by atoms with Crippen LogP contribution in [-0.2, 0) is 11.3 Å². The number of aryl methyl sites for hydroxylation is 2. The second-order valence-corrected chi connectivity index (χ2v) is 5.94. The average Bonchev–Trinajstić information content (AvgIpc) is 2.45. The molecule has 0 aromatic heterocycles. The van der Waals surface area contributed by atoms with Crippen molar-refractivity contribution in [2.75, 3.05) is 26.4 Å². The third kappa shape index (κ3) is 3.51. The first-order valence-electron chi connectivity index (χ1n) is 7.25. The second-order valence-electron chi connectivity index (χ2n) is 5.94. The number of rotatable bonds is 5. The first kappa shape index (κ1) is 15.3. The van der Waals surface area contributed by atoms with Gasteiger partial charge in [0.2, 0.25) is 0 Å². The van der Waals surface area contributed by atoms with E-state index in [9.17, 15) is 10.2 Å². The van der Waals surface area contributed by atoms with Gasteiger partial charge in [-0.3, -0.25) is 0 Å². The topological polar surface area (TPSA) is 61.7 Å². The maximum atomic E-state index is 9.96. The van der Waals surface area contributed by atoms with Crippen LogP contribution < -0.4 is 5.32 Å². The van der Waals surface area contributed by atoms with Gasteiger partial charge >= 0.3 is 0 Å². The standard InChI is InChI=1S/C16H25NO3/c1-12-7-14(15(19)8-13(12)2)9-17-10-16(11-18)3-5-20-6-4-16/h7-8,17-19H,3-6,9-11H2,1-2H3. The number of hydrogen-bond acceptors (Lipinski definition) is 4. The molecule has 0 atom stereocenters. The highest BCUT2D eigenvalue weighted by molar-refractivity contribution is 5.40. The number of phenols is 1. The van der Waals surface area contributed by atoms with Crippen molar-refractivity contribution >= 4 is 0 Å². The van der Waals surface area contributed by atoms with Crippen LogP contribution in [0, 0.1) is 19.3 Å². The molecule has 3 N–H and O–H groups in total. The van der Waals surface area contributed by atoms with Gasteiger partial charge in [0, 0.05) is 37.3 Å². The zero-order valence-corrected chi connectivity index (χ0v) is 12.4. The molecule has 1 saturated heterocycles. The number of phenolic OH excluding ortho intramolecular Hbond substituents is 1. The molecule has 0 amide bonds. The van der Waals surface area contributed by atoms with Gasteiger partial charge in [0.05, 0.1) is 6.61 Å². The van der Waals surface area contributed by atoms with Gasteiger partial charge < -0.3 is 20.3 Å². The van der Waals surface area contributed by atoms with E-state index in [0.717, 1.165) is 43.7 Å². The van der Waals surface area contributed by atoms with E-state index < -0.39 is 0 Å². The van der Waals surface area contributed by atoms with Crippen molar-refractivity contribution in [2.24, 2.45) is 5.41 Å². The molecule has 0 aliphatic carbocycles. The molecule has 1 aromatic rings. The first-order chi connectivity index (χ1) is 9.56. The summed E-state index contributed by atoms with van der Waals surface area (Å²) in [6.07, 6.45) is 1.77. The molecule has 0 unspecified atom stereocenters. The van der Waals surface area contributed by atoms with Crippen molar-refractivity contribution in [1.82, 2.24) is 5.32 Å². The summed E-state index contributed by atoms with van der Waals surface area (Å²) < 4.78 is 5.36. The molecule has 0 bridgehead atoms. The zero-order valence-electron chi connectivity index (χ0n) is 12.4. The lowest BCUT2D eigenvalue weighted by molar-refractivity contribution is -0.0154. The Labute approximate surface area is 120 Å². The molecule has 0 radical (unpaired) electrons. The maximum absolute atomic E-state index is 9.96. The van der Waals surface area contributed by atoms with Gasteiger partial charge in [-0.05, 0) is 43.9 Å². The van der Waals surface area contributed by atoms with Crippen molar-refractivity contribution in [3.8, 4) is 5.75 Å². The monoisotopic (exact) mass is 279 g/mol. The van der Waals surface area contributed by atoms with E-state index >= 15 is 0 Å². The van der Waals surface area contributed by atoms with Crippen LogP contribution in [0.1, 0.15) is 29.5 Å². The lowest BCUT2D eigenvalue weighted by Crippen LogP contribution is -2.41. The van der Waals surface area contributed by atoms with Gasteiger partial charge in [0.15, 0.2) is 0 Å². The van der Waals surface area contributed by atoms with Gasteiger partial charge in [-0.1, -0.05) is 6.07 Å². The van der Waals surface area contributed by atoms with E-state index in [4.69, 9.17) is 4.74 Å². The minimum absolute atomic E-state index is 0.0758. The van der Waals surface area contributed by atoms with Crippen molar-refractivity contribution in [2.45, 2.75) is 33.2 Å². The smallest absolute Gasteiger partial charge is 0.120 e. The van der Waals surface area contributed by atoms with Crippen molar-refractivity contribution in [1.29, 1.82) is 0 Å². The van der Waals surface area contributed by atoms with E-state index in [0.29, 0.717) is 12.3 Å².